The van der Waals surface area contributed by atoms with Crippen LogP contribution in [-0.2, 0) is 4.79 Å². The molecule has 130 valence electrons. The second-order valence-electron chi connectivity index (χ2n) is 5.55. The highest BCUT2D eigenvalue weighted by molar-refractivity contribution is 5.64. The van der Waals surface area contributed by atoms with Gasteiger partial charge in [0.1, 0.15) is 0 Å². The van der Waals surface area contributed by atoms with E-state index in [1.165, 1.54) is 25.7 Å². The van der Waals surface area contributed by atoms with Crippen LogP contribution >= 0.6 is 0 Å². The summed E-state index contributed by atoms with van der Waals surface area (Å²) in [6.07, 6.45) is 23.3. The highest BCUT2D eigenvalue weighted by Crippen LogP contribution is 2.02. The van der Waals surface area contributed by atoms with E-state index in [9.17, 15) is 15.0 Å². The van der Waals surface area contributed by atoms with Gasteiger partial charge >= 0.3 is 0 Å². The lowest BCUT2D eigenvalue weighted by Gasteiger charge is -2.04. The highest BCUT2D eigenvalue weighted by atomic mass is 16.4. The van der Waals surface area contributed by atoms with Gasteiger partial charge in [-0.15, -0.1) is 0 Å². The minimum absolute atomic E-state index is 0.00140. The van der Waals surface area contributed by atoms with Gasteiger partial charge in [0, 0.05) is 5.97 Å². The van der Waals surface area contributed by atoms with Crippen LogP contribution < -0.4 is 5.11 Å². The van der Waals surface area contributed by atoms with Crippen LogP contribution in [-0.4, -0.2) is 17.2 Å². The molecule has 0 aromatic rings. The zero-order valence-corrected chi connectivity index (χ0v) is 14.3. The second kappa shape index (κ2) is 16.8. The standard InChI is InChI=1S/C20H32O3/c1-2-3-4-5-6-7-8-9-10-11-12-13-14-16-19(21)17-15-18-20(22)23/h6-7,9-10,12-14,16,19,21H,2-5,8,11,15,17-18H2,1H3,(H,22,23)/p-1/b7-6+,10-9+,13-12+,16-14+. The minimum Gasteiger partial charge on any atom is -0.550 e. The summed E-state index contributed by atoms with van der Waals surface area (Å²) in [6.45, 7) is 2.22. The lowest BCUT2D eigenvalue weighted by molar-refractivity contribution is -0.305. The molecule has 0 aliphatic rings. The molecule has 0 spiro atoms. The van der Waals surface area contributed by atoms with Crippen molar-refractivity contribution in [2.45, 2.75) is 70.8 Å². The number of carboxylic acids is 1. The molecule has 1 atom stereocenters. The van der Waals surface area contributed by atoms with Crippen LogP contribution in [0, 0.1) is 0 Å². The van der Waals surface area contributed by atoms with Gasteiger partial charge in [0.05, 0.1) is 6.10 Å². The lowest BCUT2D eigenvalue weighted by Crippen LogP contribution is -2.22. The van der Waals surface area contributed by atoms with E-state index in [1.807, 2.05) is 12.2 Å². The van der Waals surface area contributed by atoms with Crippen LogP contribution in [0.4, 0.5) is 0 Å². The first kappa shape index (κ1) is 21.4. The van der Waals surface area contributed by atoms with E-state index in [4.69, 9.17) is 0 Å². The molecule has 0 aliphatic carbocycles. The smallest absolute Gasteiger partial charge is 0.0724 e. The fourth-order valence-electron chi connectivity index (χ4n) is 1.98. The van der Waals surface area contributed by atoms with E-state index in [1.54, 1.807) is 12.2 Å². The minimum atomic E-state index is -1.07. The van der Waals surface area contributed by atoms with Gasteiger partial charge in [-0.3, -0.25) is 0 Å². The number of hydrogen-bond donors (Lipinski definition) is 1. The summed E-state index contributed by atoms with van der Waals surface area (Å²) in [6, 6.07) is 0. The predicted octanol–water partition coefficient (Wildman–Crippen LogP) is 3.85. The van der Waals surface area contributed by atoms with Crippen LogP contribution in [0.15, 0.2) is 48.6 Å². The SMILES string of the molecule is CCCCC/C=C/C/C=C/C/C=C/C=C/C(O)CCCC(=O)[O-]. The fraction of sp³-hybridized carbons (Fsp3) is 0.550. The fourth-order valence-corrected chi connectivity index (χ4v) is 1.98. The summed E-state index contributed by atoms with van der Waals surface area (Å²) in [5.74, 6) is -1.07. The molecule has 3 heteroatoms. The van der Waals surface area contributed by atoms with Crippen molar-refractivity contribution in [3.8, 4) is 0 Å². The number of rotatable bonds is 14. The molecule has 0 heterocycles. The molecular weight excluding hydrogens is 288 g/mol. The molecule has 0 aromatic carbocycles. The topological polar surface area (TPSA) is 60.4 Å². The Morgan fingerprint density at radius 3 is 2.39 bits per heavy atom. The Bertz CT molecular complexity index is 392. The van der Waals surface area contributed by atoms with Crippen LogP contribution in [0.25, 0.3) is 0 Å². The third-order valence-corrected chi connectivity index (χ3v) is 3.31. The van der Waals surface area contributed by atoms with Crippen molar-refractivity contribution in [1.29, 1.82) is 0 Å². The molecule has 1 unspecified atom stereocenters. The Kier molecular flexibility index (Phi) is 15.6. The molecule has 0 radical (unpaired) electrons. The summed E-state index contributed by atoms with van der Waals surface area (Å²) in [7, 11) is 0. The van der Waals surface area contributed by atoms with E-state index in [2.05, 4.69) is 31.2 Å². The largest absolute Gasteiger partial charge is 0.550 e. The van der Waals surface area contributed by atoms with Crippen molar-refractivity contribution in [1.82, 2.24) is 0 Å². The Morgan fingerprint density at radius 2 is 1.70 bits per heavy atom. The van der Waals surface area contributed by atoms with Gasteiger partial charge in [0.2, 0.25) is 0 Å². The Labute approximate surface area is 141 Å². The first-order valence-corrected chi connectivity index (χ1v) is 8.68. The van der Waals surface area contributed by atoms with E-state index >= 15 is 0 Å². The van der Waals surface area contributed by atoms with E-state index < -0.39 is 12.1 Å². The molecule has 0 rings (SSSR count). The molecule has 0 saturated carbocycles. The summed E-state index contributed by atoms with van der Waals surface area (Å²) < 4.78 is 0. The maximum atomic E-state index is 10.2. The average molecular weight is 319 g/mol. The lowest BCUT2D eigenvalue weighted by atomic mass is 10.1. The van der Waals surface area contributed by atoms with Crippen LogP contribution in [0.1, 0.15) is 64.7 Å². The molecule has 0 fully saturated rings. The van der Waals surface area contributed by atoms with E-state index in [-0.39, 0.29) is 6.42 Å². The number of unbranched alkanes of at least 4 members (excludes halogenated alkanes) is 3. The van der Waals surface area contributed by atoms with Gasteiger partial charge < -0.3 is 15.0 Å². The maximum absolute atomic E-state index is 10.2. The van der Waals surface area contributed by atoms with Crippen LogP contribution in [0.3, 0.4) is 0 Å². The van der Waals surface area contributed by atoms with Crippen molar-refractivity contribution in [2.75, 3.05) is 0 Å². The van der Waals surface area contributed by atoms with Crippen LogP contribution in [0.2, 0.25) is 0 Å². The predicted molar refractivity (Wildman–Crippen MR) is 94.8 cm³/mol. The first-order valence-electron chi connectivity index (χ1n) is 8.68. The summed E-state index contributed by atoms with van der Waals surface area (Å²) in [5.41, 5.74) is 0. The second-order valence-corrected chi connectivity index (χ2v) is 5.55. The molecule has 0 aliphatic heterocycles. The number of aliphatic carboxylic acids is 1. The number of carboxylic acid groups (broad SMARTS) is 1. The molecule has 0 amide bonds. The Morgan fingerprint density at radius 1 is 1.00 bits per heavy atom. The summed E-state index contributed by atoms with van der Waals surface area (Å²) in [5, 5.41) is 19.8. The zero-order valence-electron chi connectivity index (χ0n) is 14.3. The van der Waals surface area contributed by atoms with Gasteiger partial charge in [0.15, 0.2) is 0 Å². The molecule has 0 saturated heterocycles. The third-order valence-electron chi connectivity index (χ3n) is 3.31. The number of hydrogen-bond acceptors (Lipinski definition) is 3. The van der Waals surface area contributed by atoms with Crippen molar-refractivity contribution >= 4 is 5.97 Å². The molecule has 0 aromatic heterocycles. The Balaban J connectivity index is 3.59. The molecule has 23 heavy (non-hydrogen) atoms. The molecule has 0 bridgehead atoms. The van der Waals surface area contributed by atoms with Crippen molar-refractivity contribution in [3.63, 3.8) is 0 Å². The maximum Gasteiger partial charge on any atom is 0.0724 e. The number of aliphatic hydroxyl groups excluding tert-OH is 1. The zero-order chi connectivity index (χ0) is 17.2. The number of aliphatic hydroxyl groups is 1. The molecule has 3 nitrogen and oxygen atoms in total. The first-order chi connectivity index (χ1) is 11.2. The Hall–Kier alpha value is -1.61. The summed E-state index contributed by atoms with van der Waals surface area (Å²) in [4.78, 5) is 10.2. The monoisotopic (exact) mass is 319 g/mol. The molecular formula is C20H31O3-. The van der Waals surface area contributed by atoms with E-state index in [0.717, 1.165) is 12.8 Å². The van der Waals surface area contributed by atoms with Gasteiger partial charge in [-0.2, -0.15) is 0 Å². The summed E-state index contributed by atoms with van der Waals surface area (Å²) >= 11 is 0. The van der Waals surface area contributed by atoms with E-state index in [0.29, 0.717) is 12.8 Å². The number of allylic oxidation sites excluding steroid dienone is 7. The normalized spacial score (nSPS) is 13.8. The number of carbonyl (C=O) groups excluding carboxylic acids is 1. The van der Waals surface area contributed by atoms with Crippen molar-refractivity contribution in [2.24, 2.45) is 0 Å². The average Bonchev–Trinajstić information content (AvgIpc) is 2.51. The van der Waals surface area contributed by atoms with Gasteiger partial charge in [-0.05, 0) is 44.9 Å². The molecule has 1 N–H and O–H groups in total. The van der Waals surface area contributed by atoms with Gasteiger partial charge in [0.25, 0.3) is 0 Å². The highest BCUT2D eigenvalue weighted by Gasteiger charge is 1.97. The van der Waals surface area contributed by atoms with Crippen LogP contribution in [0.5, 0.6) is 0 Å². The van der Waals surface area contributed by atoms with Crippen molar-refractivity contribution in [3.05, 3.63) is 48.6 Å². The van der Waals surface area contributed by atoms with Gasteiger partial charge in [-0.1, -0.05) is 68.4 Å². The number of carbonyl (C=O) groups is 1. The quantitative estimate of drug-likeness (QED) is 0.300. The van der Waals surface area contributed by atoms with Gasteiger partial charge in [-0.25, -0.2) is 0 Å². The van der Waals surface area contributed by atoms with Crippen molar-refractivity contribution < 1.29 is 15.0 Å². The third kappa shape index (κ3) is 18.3.